The van der Waals surface area contributed by atoms with E-state index in [-0.39, 0.29) is 16.7 Å². The Morgan fingerprint density at radius 2 is 1.38 bits per heavy atom. The lowest BCUT2D eigenvalue weighted by molar-refractivity contribution is 0.0696. The summed E-state index contributed by atoms with van der Waals surface area (Å²) in [7, 11) is -5.63. The van der Waals surface area contributed by atoms with Crippen LogP contribution in [-0.4, -0.2) is 35.1 Å². The van der Waals surface area contributed by atoms with Crippen LogP contribution >= 0.6 is 15.2 Å². The third-order valence-electron chi connectivity index (χ3n) is 2.63. The molecule has 1 aromatic rings. The fourth-order valence-electron chi connectivity index (χ4n) is 1.66. The topological polar surface area (TPSA) is 130 Å². The van der Waals surface area contributed by atoms with Crippen molar-refractivity contribution in [3.63, 3.8) is 0 Å². The maximum atomic E-state index is 11.5. The predicted molar refractivity (Wildman–Crippen MR) is 74.5 cm³/mol. The van der Waals surface area contributed by atoms with E-state index in [2.05, 4.69) is 9.05 Å². The first kappa shape index (κ1) is 18.0. The Labute approximate surface area is 121 Å². The van der Waals surface area contributed by atoms with Crippen molar-refractivity contribution in [2.24, 2.45) is 0 Å². The molecule has 21 heavy (non-hydrogen) atoms. The molecule has 0 bridgehead atoms. The van der Waals surface area contributed by atoms with Crippen molar-refractivity contribution in [2.75, 3.05) is 14.2 Å². The quantitative estimate of drug-likeness (QED) is 0.644. The highest BCUT2D eigenvalue weighted by molar-refractivity contribution is 7.52. The van der Waals surface area contributed by atoms with Crippen LogP contribution < -0.4 is 0 Å². The number of benzene rings is 1. The largest absolute Gasteiger partial charge is 0.478 e. The molecular formula is C11H16O8P2. The van der Waals surface area contributed by atoms with Gasteiger partial charge in [-0.2, -0.15) is 0 Å². The summed E-state index contributed by atoms with van der Waals surface area (Å²) >= 11 is 0. The van der Waals surface area contributed by atoms with Crippen molar-refractivity contribution >= 4 is 21.2 Å². The van der Waals surface area contributed by atoms with Gasteiger partial charge in [0.2, 0.25) is 0 Å². The summed E-state index contributed by atoms with van der Waals surface area (Å²) in [5.41, 5.74) is 0.275. The molecule has 0 heterocycles. The van der Waals surface area contributed by atoms with E-state index in [1.807, 2.05) is 0 Å². The van der Waals surface area contributed by atoms with Gasteiger partial charge in [-0.3, -0.25) is 9.13 Å². The zero-order valence-corrected chi connectivity index (χ0v) is 13.2. The van der Waals surface area contributed by atoms with Gasteiger partial charge in [-0.25, -0.2) is 4.79 Å². The molecule has 10 heteroatoms. The number of rotatable bonds is 7. The average Bonchev–Trinajstić information content (AvgIpc) is 2.37. The normalized spacial score (nSPS) is 17.0. The van der Waals surface area contributed by atoms with E-state index in [1.54, 1.807) is 0 Å². The van der Waals surface area contributed by atoms with Crippen molar-refractivity contribution in [1.29, 1.82) is 0 Å². The van der Waals surface area contributed by atoms with Crippen molar-refractivity contribution in [2.45, 2.75) is 12.3 Å². The molecule has 0 saturated carbocycles. The maximum Gasteiger partial charge on any atom is 0.335 e. The SMILES string of the molecule is COP(=O)(O)Cc1cc(CP(=O)(O)OC)cc(C(=O)O)c1. The smallest absolute Gasteiger partial charge is 0.335 e. The second kappa shape index (κ2) is 6.83. The molecule has 0 saturated heterocycles. The van der Waals surface area contributed by atoms with Crippen molar-refractivity contribution < 1.29 is 37.9 Å². The summed E-state index contributed by atoms with van der Waals surface area (Å²) in [6, 6.07) is 3.79. The first-order valence-corrected chi connectivity index (χ1v) is 9.22. The lowest BCUT2D eigenvalue weighted by Crippen LogP contribution is -2.02. The molecule has 0 fully saturated rings. The molecule has 3 N–H and O–H groups in total. The number of aromatic carboxylic acids is 1. The third kappa shape index (κ3) is 5.71. The Balaban J connectivity index is 3.21. The van der Waals surface area contributed by atoms with Gasteiger partial charge in [0.25, 0.3) is 0 Å². The lowest BCUT2D eigenvalue weighted by Gasteiger charge is -2.13. The van der Waals surface area contributed by atoms with Gasteiger partial charge in [0.15, 0.2) is 0 Å². The molecule has 8 nitrogen and oxygen atoms in total. The molecule has 0 aliphatic heterocycles. The van der Waals surface area contributed by atoms with Crippen LogP contribution in [0.1, 0.15) is 21.5 Å². The molecular weight excluding hydrogens is 322 g/mol. The third-order valence-corrected chi connectivity index (χ3v) is 5.31. The highest BCUT2D eigenvalue weighted by Crippen LogP contribution is 2.47. The Morgan fingerprint density at radius 1 is 1.00 bits per heavy atom. The van der Waals surface area contributed by atoms with Gasteiger partial charge in [-0.15, -0.1) is 0 Å². The summed E-state index contributed by atoms with van der Waals surface area (Å²) in [6.07, 6.45) is -0.805. The molecule has 0 spiro atoms. The molecule has 1 rings (SSSR count). The van der Waals surface area contributed by atoms with Gasteiger partial charge in [-0.05, 0) is 23.3 Å². The summed E-state index contributed by atoms with van der Waals surface area (Å²) in [4.78, 5) is 29.9. The molecule has 2 unspecified atom stereocenters. The van der Waals surface area contributed by atoms with Crippen molar-refractivity contribution in [3.8, 4) is 0 Å². The molecule has 118 valence electrons. The average molecular weight is 338 g/mol. The van der Waals surface area contributed by atoms with E-state index in [0.717, 1.165) is 14.2 Å². The van der Waals surface area contributed by atoms with Gasteiger partial charge in [0.05, 0.1) is 17.9 Å². The summed E-state index contributed by atoms with van der Waals surface area (Å²) in [5.74, 6) is -1.26. The molecule has 0 aliphatic rings. The van der Waals surface area contributed by atoms with Crippen LogP contribution in [-0.2, 0) is 30.5 Å². The van der Waals surface area contributed by atoms with Gasteiger partial charge in [-0.1, -0.05) is 6.07 Å². The number of hydrogen-bond acceptors (Lipinski definition) is 5. The first-order chi connectivity index (χ1) is 9.58. The van der Waals surface area contributed by atoms with E-state index in [1.165, 1.54) is 18.2 Å². The standard InChI is InChI=1S/C11H16O8P2/c1-18-20(14,15)6-8-3-9(7-21(16,17)19-2)5-10(4-8)11(12)13/h3-5H,6-7H2,1-2H3,(H,12,13)(H,14,15)(H,16,17). The van der Waals surface area contributed by atoms with Crippen LogP contribution in [0.25, 0.3) is 0 Å². The van der Waals surface area contributed by atoms with E-state index in [9.17, 15) is 23.7 Å². The number of carboxylic acid groups (broad SMARTS) is 1. The Kier molecular flexibility index (Phi) is 5.87. The molecule has 1 aromatic carbocycles. The molecule has 0 aliphatic carbocycles. The van der Waals surface area contributed by atoms with Gasteiger partial charge >= 0.3 is 21.2 Å². The van der Waals surface area contributed by atoms with Crippen LogP contribution in [0.5, 0.6) is 0 Å². The second-order valence-electron chi connectivity index (χ2n) is 4.30. The monoisotopic (exact) mass is 338 g/mol. The van der Waals surface area contributed by atoms with E-state index in [0.29, 0.717) is 0 Å². The van der Waals surface area contributed by atoms with Crippen LogP contribution in [0, 0.1) is 0 Å². The number of carbonyl (C=O) groups is 1. The van der Waals surface area contributed by atoms with Gasteiger partial charge in [0, 0.05) is 14.2 Å². The lowest BCUT2D eigenvalue weighted by atomic mass is 10.1. The van der Waals surface area contributed by atoms with Crippen molar-refractivity contribution in [3.05, 3.63) is 34.9 Å². The summed E-state index contributed by atoms with van der Waals surface area (Å²) in [6.45, 7) is 0. The highest BCUT2D eigenvalue weighted by Gasteiger charge is 2.22. The number of hydrogen-bond donors (Lipinski definition) is 3. The molecule has 0 radical (unpaired) electrons. The fourth-order valence-corrected chi connectivity index (χ4v) is 3.21. The summed E-state index contributed by atoms with van der Waals surface area (Å²) in [5, 5.41) is 9.02. The minimum atomic E-state index is -3.88. The van der Waals surface area contributed by atoms with Gasteiger partial charge in [0.1, 0.15) is 0 Å². The molecule has 2 atom stereocenters. The zero-order valence-electron chi connectivity index (χ0n) is 11.4. The second-order valence-corrected chi connectivity index (χ2v) is 8.21. The Bertz CT molecular complexity index is 582. The van der Waals surface area contributed by atoms with E-state index >= 15 is 0 Å². The highest BCUT2D eigenvalue weighted by atomic mass is 31.2. The minimum Gasteiger partial charge on any atom is -0.478 e. The van der Waals surface area contributed by atoms with Crippen LogP contribution in [0.4, 0.5) is 0 Å². The van der Waals surface area contributed by atoms with Gasteiger partial charge < -0.3 is 23.9 Å². The zero-order chi connectivity index (χ0) is 16.3. The Hall–Kier alpha value is -1.01. The van der Waals surface area contributed by atoms with E-state index < -0.39 is 33.5 Å². The molecule has 0 aromatic heterocycles. The molecule has 0 amide bonds. The van der Waals surface area contributed by atoms with Crippen LogP contribution in [0.15, 0.2) is 18.2 Å². The fraction of sp³-hybridized carbons (Fsp3) is 0.364. The maximum absolute atomic E-state index is 11.5. The number of carboxylic acids is 1. The summed E-state index contributed by atoms with van der Waals surface area (Å²) < 4.78 is 32.0. The van der Waals surface area contributed by atoms with E-state index in [4.69, 9.17) is 5.11 Å². The van der Waals surface area contributed by atoms with Crippen LogP contribution in [0.2, 0.25) is 0 Å². The van der Waals surface area contributed by atoms with Crippen LogP contribution in [0.3, 0.4) is 0 Å². The minimum absolute atomic E-state index is 0.158. The first-order valence-electron chi connectivity index (χ1n) is 5.70. The predicted octanol–water partition coefficient (Wildman–Crippen LogP) is 2.05. The Morgan fingerprint density at radius 3 is 1.67 bits per heavy atom. The van der Waals surface area contributed by atoms with Crippen molar-refractivity contribution in [1.82, 2.24) is 0 Å².